The van der Waals surface area contributed by atoms with E-state index in [0.29, 0.717) is 6.04 Å². The number of rotatable bonds is 9. The highest BCUT2D eigenvalue weighted by Crippen LogP contribution is 2.37. The SMILES string of the molecule is CCCCCCCC(NN)c1cccc(C2CCC2)c1. The molecule has 1 aliphatic rings. The number of nitrogens with one attached hydrogen (secondary N) is 1. The summed E-state index contributed by atoms with van der Waals surface area (Å²) in [4.78, 5) is 0. The number of hydrazine groups is 1. The summed E-state index contributed by atoms with van der Waals surface area (Å²) in [5.41, 5.74) is 5.89. The highest BCUT2D eigenvalue weighted by Gasteiger charge is 2.20. The molecule has 1 atom stereocenters. The first-order valence-electron chi connectivity index (χ1n) is 8.41. The van der Waals surface area contributed by atoms with Crippen LogP contribution in [0.15, 0.2) is 24.3 Å². The predicted octanol–water partition coefficient (Wildman–Crippen LogP) is 4.82. The molecule has 0 aliphatic heterocycles. The van der Waals surface area contributed by atoms with Crippen molar-refractivity contribution in [2.75, 3.05) is 0 Å². The van der Waals surface area contributed by atoms with Gasteiger partial charge in [0.05, 0.1) is 0 Å². The highest BCUT2D eigenvalue weighted by molar-refractivity contribution is 5.29. The molecule has 20 heavy (non-hydrogen) atoms. The van der Waals surface area contributed by atoms with Crippen molar-refractivity contribution in [1.29, 1.82) is 0 Å². The van der Waals surface area contributed by atoms with Crippen molar-refractivity contribution < 1.29 is 0 Å². The zero-order valence-corrected chi connectivity index (χ0v) is 12.9. The second-order valence-electron chi connectivity index (χ2n) is 6.22. The van der Waals surface area contributed by atoms with Crippen molar-refractivity contribution in [1.82, 2.24) is 5.43 Å². The average Bonchev–Trinajstić information content (AvgIpc) is 2.41. The average molecular weight is 274 g/mol. The third kappa shape index (κ3) is 4.32. The Hall–Kier alpha value is -0.860. The van der Waals surface area contributed by atoms with Crippen molar-refractivity contribution in [3.8, 4) is 0 Å². The molecule has 2 nitrogen and oxygen atoms in total. The Bertz CT molecular complexity index is 385. The third-order valence-electron chi connectivity index (χ3n) is 4.69. The van der Waals surface area contributed by atoms with E-state index in [1.165, 1.54) is 62.5 Å². The van der Waals surface area contributed by atoms with Gasteiger partial charge in [-0.15, -0.1) is 0 Å². The van der Waals surface area contributed by atoms with Gasteiger partial charge in [-0.1, -0.05) is 69.7 Å². The van der Waals surface area contributed by atoms with E-state index >= 15 is 0 Å². The van der Waals surface area contributed by atoms with Crippen molar-refractivity contribution in [3.05, 3.63) is 35.4 Å². The van der Waals surface area contributed by atoms with Crippen LogP contribution in [0.5, 0.6) is 0 Å². The summed E-state index contributed by atoms with van der Waals surface area (Å²) in [6.45, 7) is 2.26. The zero-order valence-electron chi connectivity index (χ0n) is 12.9. The summed E-state index contributed by atoms with van der Waals surface area (Å²) in [5.74, 6) is 6.57. The Labute approximate surface area is 124 Å². The summed E-state index contributed by atoms with van der Waals surface area (Å²) in [7, 11) is 0. The quantitative estimate of drug-likeness (QED) is 0.385. The first-order chi connectivity index (χ1) is 9.85. The molecule has 0 aromatic heterocycles. The van der Waals surface area contributed by atoms with Crippen molar-refractivity contribution in [3.63, 3.8) is 0 Å². The maximum Gasteiger partial charge on any atom is 0.0460 e. The Balaban J connectivity index is 1.86. The number of hydrogen-bond donors (Lipinski definition) is 2. The van der Waals surface area contributed by atoms with E-state index in [4.69, 9.17) is 5.84 Å². The summed E-state index contributed by atoms with van der Waals surface area (Å²) in [6.07, 6.45) is 11.9. The fourth-order valence-electron chi connectivity index (χ4n) is 3.07. The second kappa shape index (κ2) is 8.43. The smallest absolute Gasteiger partial charge is 0.0460 e. The third-order valence-corrected chi connectivity index (χ3v) is 4.69. The van der Waals surface area contributed by atoms with Gasteiger partial charge in [0, 0.05) is 6.04 Å². The van der Waals surface area contributed by atoms with Crippen LogP contribution in [0, 0.1) is 0 Å². The molecule has 0 radical (unpaired) electrons. The molecule has 3 N–H and O–H groups in total. The van der Waals surface area contributed by atoms with E-state index < -0.39 is 0 Å². The lowest BCUT2D eigenvalue weighted by atomic mass is 9.79. The van der Waals surface area contributed by atoms with Crippen LogP contribution in [-0.4, -0.2) is 0 Å². The summed E-state index contributed by atoms with van der Waals surface area (Å²) < 4.78 is 0. The van der Waals surface area contributed by atoms with Crippen molar-refractivity contribution >= 4 is 0 Å². The van der Waals surface area contributed by atoms with Gasteiger partial charge in [0.2, 0.25) is 0 Å². The molecule has 1 aromatic carbocycles. The van der Waals surface area contributed by atoms with Crippen LogP contribution in [-0.2, 0) is 0 Å². The van der Waals surface area contributed by atoms with Crippen LogP contribution >= 0.6 is 0 Å². The number of nitrogens with two attached hydrogens (primary N) is 1. The maximum atomic E-state index is 5.77. The standard InChI is InChI=1S/C18H30N2/c1-2-3-4-5-6-13-18(20-19)17-12-8-11-16(14-17)15-9-7-10-15/h8,11-12,14-15,18,20H,2-7,9-10,13,19H2,1H3. The largest absolute Gasteiger partial charge is 0.271 e. The number of benzene rings is 1. The first-order valence-corrected chi connectivity index (χ1v) is 8.41. The van der Waals surface area contributed by atoms with Gasteiger partial charge in [0.1, 0.15) is 0 Å². The Morgan fingerprint density at radius 2 is 2.00 bits per heavy atom. The predicted molar refractivity (Wildman–Crippen MR) is 86.5 cm³/mol. The minimum atomic E-state index is 0.316. The van der Waals surface area contributed by atoms with Gasteiger partial charge in [0.25, 0.3) is 0 Å². The molecule has 112 valence electrons. The first kappa shape index (κ1) is 15.5. The molecule has 1 saturated carbocycles. The normalized spacial score (nSPS) is 16.9. The fraction of sp³-hybridized carbons (Fsp3) is 0.667. The van der Waals surface area contributed by atoms with Crippen molar-refractivity contribution in [2.24, 2.45) is 5.84 Å². The van der Waals surface area contributed by atoms with Crippen molar-refractivity contribution in [2.45, 2.75) is 76.7 Å². The lowest BCUT2D eigenvalue weighted by Gasteiger charge is -2.27. The van der Waals surface area contributed by atoms with Gasteiger partial charge in [-0.25, -0.2) is 0 Å². The fourth-order valence-corrected chi connectivity index (χ4v) is 3.07. The molecule has 2 rings (SSSR count). The number of hydrogen-bond acceptors (Lipinski definition) is 2. The molecule has 0 saturated heterocycles. The van der Waals surface area contributed by atoms with E-state index in [0.717, 1.165) is 12.3 Å². The summed E-state index contributed by atoms with van der Waals surface area (Å²) in [6, 6.07) is 9.39. The molecule has 1 fully saturated rings. The monoisotopic (exact) mass is 274 g/mol. The Morgan fingerprint density at radius 1 is 1.20 bits per heavy atom. The summed E-state index contributed by atoms with van der Waals surface area (Å²) in [5, 5.41) is 0. The molecule has 0 bridgehead atoms. The summed E-state index contributed by atoms with van der Waals surface area (Å²) >= 11 is 0. The van der Waals surface area contributed by atoms with E-state index in [9.17, 15) is 0 Å². The molecular weight excluding hydrogens is 244 g/mol. The highest BCUT2D eigenvalue weighted by atomic mass is 15.2. The second-order valence-corrected chi connectivity index (χ2v) is 6.22. The minimum absolute atomic E-state index is 0.316. The van der Waals surface area contributed by atoms with Crippen LogP contribution in [0.2, 0.25) is 0 Å². The van der Waals surface area contributed by atoms with Crippen LogP contribution < -0.4 is 11.3 Å². The van der Waals surface area contributed by atoms with Crippen LogP contribution in [0.25, 0.3) is 0 Å². The van der Waals surface area contributed by atoms with Gasteiger partial charge in [-0.05, 0) is 36.3 Å². The molecule has 0 spiro atoms. The van der Waals surface area contributed by atoms with E-state index in [-0.39, 0.29) is 0 Å². The molecular formula is C18H30N2. The van der Waals surface area contributed by atoms with E-state index in [1.807, 2.05) is 0 Å². The van der Waals surface area contributed by atoms with E-state index in [2.05, 4.69) is 36.6 Å². The molecule has 1 aromatic rings. The van der Waals surface area contributed by atoms with Crippen LogP contribution in [0.4, 0.5) is 0 Å². The molecule has 0 heterocycles. The van der Waals surface area contributed by atoms with Crippen LogP contribution in [0.3, 0.4) is 0 Å². The minimum Gasteiger partial charge on any atom is -0.271 e. The van der Waals surface area contributed by atoms with Gasteiger partial charge < -0.3 is 0 Å². The zero-order chi connectivity index (χ0) is 14.2. The lowest BCUT2D eigenvalue weighted by Crippen LogP contribution is -2.28. The molecule has 1 aliphatic carbocycles. The molecule has 1 unspecified atom stereocenters. The lowest BCUT2D eigenvalue weighted by molar-refractivity contribution is 0.418. The van der Waals surface area contributed by atoms with Gasteiger partial charge in [0.15, 0.2) is 0 Å². The van der Waals surface area contributed by atoms with Gasteiger partial charge >= 0.3 is 0 Å². The van der Waals surface area contributed by atoms with Crippen LogP contribution in [0.1, 0.15) is 87.8 Å². The Morgan fingerprint density at radius 3 is 2.65 bits per heavy atom. The maximum absolute atomic E-state index is 5.77. The van der Waals surface area contributed by atoms with Gasteiger partial charge in [-0.2, -0.15) is 0 Å². The topological polar surface area (TPSA) is 38.0 Å². The number of unbranched alkanes of at least 4 members (excludes halogenated alkanes) is 4. The van der Waals surface area contributed by atoms with E-state index in [1.54, 1.807) is 0 Å². The Kier molecular flexibility index (Phi) is 6.55. The van der Waals surface area contributed by atoms with Gasteiger partial charge in [-0.3, -0.25) is 11.3 Å². The molecule has 0 amide bonds. The molecule has 2 heteroatoms.